The molecule has 0 bridgehead atoms. The second-order valence-electron chi connectivity index (χ2n) is 4.26. The Hall–Kier alpha value is -1.10. The summed E-state index contributed by atoms with van der Waals surface area (Å²) in [7, 11) is -0.391. The first-order chi connectivity index (χ1) is 9.42. The van der Waals surface area contributed by atoms with Crippen LogP contribution in [0.3, 0.4) is 0 Å². The van der Waals surface area contributed by atoms with Crippen molar-refractivity contribution in [2.24, 2.45) is 0 Å². The molecule has 98 valence electrons. The maximum atomic E-state index is 5.72. The average molecular weight is 289 g/mol. The lowest BCUT2D eigenvalue weighted by Crippen LogP contribution is -2.09. The van der Waals surface area contributed by atoms with E-state index in [4.69, 9.17) is 11.6 Å². The lowest BCUT2D eigenvalue weighted by molar-refractivity contribution is 0.968. The molecule has 0 aliphatic carbocycles. The quantitative estimate of drug-likeness (QED) is 0.412. The zero-order valence-electron chi connectivity index (χ0n) is 10.9. The Balaban J connectivity index is 2.22. The molecule has 0 heterocycles. The van der Waals surface area contributed by atoms with E-state index in [1.54, 1.807) is 0 Å². The van der Waals surface area contributed by atoms with Gasteiger partial charge < -0.3 is 0 Å². The highest BCUT2D eigenvalue weighted by Gasteiger charge is 2.08. The van der Waals surface area contributed by atoms with Crippen LogP contribution in [0.4, 0.5) is 0 Å². The first-order valence-electron chi connectivity index (χ1n) is 6.54. The topological polar surface area (TPSA) is 0 Å². The normalized spacial score (nSPS) is 11.3. The Kier molecular flexibility index (Phi) is 6.14. The molecular weight excluding hydrogens is 271 g/mol. The molecule has 2 aromatic carbocycles. The zero-order chi connectivity index (χ0) is 13.3. The van der Waals surface area contributed by atoms with Gasteiger partial charge in [0.1, 0.15) is 0 Å². The summed E-state index contributed by atoms with van der Waals surface area (Å²) in [6.07, 6.45) is 4.38. The molecule has 0 nitrogen and oxygen atoms in total. The van der Waals surface area contributed by atoms with Gasteiger partial charge in [0.05, 0.1) is 0 Å². The molecule has 0 radical (unpaired) electrons. The van der Waals surface area contributed by atoms with Crippen molar-refractivity contribution in [3.8, 4) is 0 Å². The molecule has 0 spiro atoms. The van der Waals surface area contributed by atoms with Crippen molar-refractivity contribution in [3.63, 3.8) is 0 Å². The highest BCUT2D eigenvalue weighted by Crippen LogP contribution is 2.35. The summed E-state index contributed by atoms with van der Waals surface area (Å²) in [5.74, 6) is 3.09. The van der Waals surface area contributed by atoms with Crippen LogP contribution in [-0.2, 0) is 0 Å². The minimum absolute atomic E-state index is 0.391. The van der Waals surface area contributed by atoms with E-state index in [0.717, 1.165) is 18.7 Å². The third-order valence-electron chi connectivity index (χ3n) is 2.83. The van der Waals surface area contributed by atoms with Gasteiger partial charge in [0.25, 0.3) is 0 Å². The minimum Gasteiger partial charge on any atom is -0.127 e. The second kappa shape index (κ2) is 8.15. The first-order valence-corrected chi connectivity index (χ1v) is 8.48. The van der Waals surface area contributed by atoms with Gasteiger partial charge in [-0.25, -0.2) is 0 Å². The van der Waals surface area contributed by atoms with E-state index in [2.05, 4.69) is 72.6 Å². The Bertz CT molecular complexity index is 454. The summed E-state index contributed by atoms with van der Waals surface area (Å²) in [4.78, 5) is 0. The number of hydrogen-bond acceptors (Lipinski definition) is 0. The second-order valence-corrected chi connectivity index (χ2v) is 6.71. The van der Waals surface area contributed by atoms with Crippen LogP contribution in [0, 0.1) is 0 Å². The largest absolute Gasteiger partial charge is 0.127 e. The summed E-state index contributed by atoms with van der Waals surface area (Å²) < 4.78 is 0. The molecule has 2 heteroatoms. The summed E-state index contributed by atoms with van der Waals surface area (Å²) in [6.45, 7) is 0. The van der Waals surface area contributed by atoms with E-state index in [1.807, 2.05) is 0 Å². The van der Waals surface area contributed by atoms with Gasteiger partial charge in [0, 0.05) is 5.88 Å². The summed E-state index contributed by atoms with van der Waals surface area (Å²) in [5, 5.41) is 2.79. The average Bonchev–Trinajstić information content (AvgIpc) is 2.49. The molecular formula is C17H18ClP. The van der Waals surface area contributed by atoms with Gasteiger partial charge in [-0.05, 0) is 31.4 Å². The van der Waals surface area contributed by atoms with Crippen LogP contribution in [0.1, 0.15) is 12.8 Å². The molecule has 19 heavy (non-hydrogen) atoms. The number of halogens is 1. The van der Waals surface area contributed by atoms with E-state index in [9.17, 15) is 0 Å². The molecule has 0 aliphatic rings. The van der Waals surface area contributed by atoms with Gasteiger partial charge in [-0.15, -0.1) is 11.6 Å². The molecule has 2 aromatic rings. The van der Waals surface area contributed by atoms with Crippen LogP contribution in [0.5, 0.6) is 0 Å². The van der Waals surface area contributed by atoms with Gasteiger partial charge in [0.2, 0.25) is 0 Å². The lowest BCUT2D eigenvalue weighted by atomic mass is 10.3. The van der Waals surface area contributed by atoms with Crippen molar-refractivity contribution < 1.29 is 0 Å². The summed E-state index contributed by atoms with van der Waals surface area (Å²) in [5.41, 5.74) is 0. The number of allylic oxidation sites excluding steroid dienone is 1. The van der Waals surface area contributed by atoms with Crippen LogP contribution in [0.15, 0.2) is 72.6 Å². The number of rotatable bonds is 6. The fourth-order valence-corrected chi connectivity index (χ4v) is 4.02. The summed E-state index contributed by atoms with van der Waals surface area (Å²) in [6, 6.07) is 21.4. The molecule has 0 atom stereocenters. The molecule has 0 unspecified atom stereocenters. The smallest absolute Gasteiger partial charge is 0.0226 e. The Morgan fingerprint density at radius 1 is 0.842 bits per heavy atom. The standard InChI is InChI=1S/C17H18ClP/c18-14-8-3-9-15-19(16-10-4-1-5-11-16)17-12-6-2-7-13-17/h1-2,4-7,9-13,15H,3,8,14H2/b15-9-. The Labute approximate surface area is 121 Å². The van der Waals surface area contributed by atoms with Gasteiger partial charge in [-0.3, -0.25) is 0 Å². The predicted molar refractivity (Wildman–Crippen MR) is 88.2 cm³/mol. The SMILES string of the molecule is ClCCC/C=C\P(c1ccccc1)c1ccccc1. The van der Waals surface area contributed by atoms with Gasteiger partial charge in [-0.2, -0.15) is 0 Å². The van der Waals surface area contributed by atoms with E-state index < -0.39 is 7.92 Å². The Morgan fingerprint density at radius 2 is 1.37 bits per heavy atom. The molecule has 2 rings (SSSR count). The summed E-state index contributed by atoms with van der Waals surface area (Å²) >= 11 is 5.72. The number of hydrogen-bond donors (Lipinski definition) is 0. The van der Waals surface area contributed by atoms with Crippen molar-refractivity contribution >= 4 is 30.1 Å². The lowest BCUT2D eigenvalue weighted by Gasteiger charge is -2.14. The molecule has 0 fully saturated rings. The maximum absolute atomic E-state index is 5.72. The number of alkyl halides is 1. The van der Waals surface area contributed by atoms with Crippen molar-refractivity contribution in [2.45, 2.75) is 12.8 Å². The van der Waals surface area contributed by atoms with Crippen LogP contribution in [0.2, 0.25) is 0 Å². The van der Waals surface area contributed by atoms with E-state index >= 15 is 0 Å². The van der Waals surface area contributed by atoms with Crippen LogP contribution < -0.4 is 10.6 Å². The molecule has 0 aromatic heterocycles. The maximum Gasteiger partial charge on any atom is 0.0226 e. The van der Waals surface area contributed by atoms with E-state index in [1.165, 1.54) is 10.6 Å². The number of benzene rings is 2. The first kappa shape index (κ1) is 14.3. The molecule has 0 saturated heterocycles. The van der Waals surface area contributed by atoms with Crippen molar-refractivity contribution in [3.05, 3.63) is 72.6 Å². The highest BCUT2D eigenvalue weighted by atomic mass is 35.5. The Morgan fingerprint density at radius 3 is 1.84 bits per heavy atom. The molecule has 0 saturated carbocycles. The molecule has 0 aliphatic heterocycles. The van der Waals surface area contributed by atoms with Crippen LogP contribution >= 0.6 is 19.5 Å². The fraction of sp³-hybridized carbons (Fsp3) is 0.176. The van der Waals surface area contributed by atoms with Crippen molar-refractivity contribution in [1.29, 1.82) is 0 Å². The van der Waals surface area contributed by atoms with Crippen molar-refractivity contribution in [1.82, 2.24) is 0 Å². The van der Waals surface area contributed by atoms with Gasteiger partial charge in [0.15, 0.2) is 0 Å². The fourth-order valence-electron chi connectivity index (χ4n) is 1.87. The van der Waals surface area contributed by atoms with Crippen molar-refractivity contribution in [2.75, 3.05) is 5.88 Å². The highest BCUT2D eigenvalue weighted by molar-refractivity contribution is 7.75. The van der Waals surface area contributed by atoms with Crippen LogP contribution in [-0.4, -0.2) is 5.88 Å². The molecule has 0 N–H and O–H groups in total. The van der Waals surface area contributed by atoms with E-state index in [-0.39, 0.29) is 0 Å². The van der Waals surface area contributed by atoms with Gasteiger partial charge in [-0.1, -0.05) is 72.6 Å². The predicted octanol–water partition coefficient (Wildman–Crippen LogP) is 4.65. The van der Waals surface area contributed by atoms with Gasteiger partial charge >= 0.3 is 0 Å². The number of unbranched alkanes of at least 4 members (excludes halogenated alkanes) is 1. The monoisotopic (exact) mass is 288 g/mol. The molecule has 0 amide bonds. The zero-order valence-corrected chi connectivity index (χ0v) is 12.5. The third kappa shape index (κ3) is 4.49. The van der Waals surface area contributed by atoms with E-state index in [0.29, 0.717) is 0 Å². The third-order valence-corrected chi connectivity index (χ3v) is 5.31. The minimum atomic E-state index is -0.391. The van der Waals surface area contributed by atoms with Crippen LogP contribution in [0.25, 0.3) is 0 Å².